The molecule has 0 spiro atoms. The van der Waals surface area contributed by atoms with E-state index in [0.717, 1.165) is 16.8 Å². The van der Waals surface area contributed by atoms with Crippen molar-refractivity contribution < 1.29 is 14.3 Å². The Morgan fingerprint density at radius 1 is 1.04 bits per heavy atom. The van der Waals surface area contributed by atoms with E-state index in [9.17, 15) is 4.79 Å². The zero-order chi connectivity index (χ0) is 18.4. The van der Waals surface area contributed by atoms with E-state index in [4.69, 9.17) is 9.47 Å². The first kappa shape index (κ1) is 17.4. The number of aromatic nitrogens is 2. The standard InChI is InChI=1S/C20H19N3O3/c1-25-18-7-3-6-16(19(18)26-2)20(24)23-12-14-8-9-17(22-11-14)15-5-4-10-21-13-15/h3-11,13H,12H2,1-2H3,(H,23,24). The van der Waals surface area contributed by atoms with Crippen LogP contribution < -0.4 is 14.8 Å². The van der Waals surface area contributed by atoms with E-state index in [2.05, 4.69) is 15.3 Å². The lowest BCUT2D eigenvalue weighted by atomic mass is 10.1. The monoisotopic (exact) mass is 349 g/mol. The second-order valence-electron chi connectivity index (χ2n) is 5.52. The minimum Gasteiger partial charge on any atom is -0.493 e. The van der Waals surface area contributed by atoms with Crippen molar-refractivity contribution in [3.05, 3.63) is 72.2 Å². The van der Waals surface area contributed by atoms with Gasteiger partial charge in [0, 0.05) is 30.7 Å². The molecule has 2 heterocycles. The normalized spacial score (nSPS) is 10.2. The van der Waals surface area contributed by atoms with Crippen LogP contribution in [-0.4, -0.2) is 30.1 Å². The van der Waals surface area contributed by atoms with Gasteiger partial charge >= 0.3 is 0 Å². The molecule has 1 N–H and O–H groups in total. The minimum absolute atomic E-state index is 0.239. The highest BCUT2D eigenvalue weighted by Gasteiger charge is 2.16. The Kier molecular flexibility index (Phi) is 5.43. The molecule has 0 unspecified atom stereocenters. The molecule has 0 bridgehead atoms. The van der Waals surface area contributed by atoms with Gasteiger partial charge in [0.2, 0.25) is 0 Å². The van der Waals surface area contributed by atoms with Gasteiger partial charge in [0.25, 0.3) is 5.91 Å². The first-order chi connectivity index (χ1) is 12.7. The number of hydrogen-bond acceptors (Lipinski definition) is 5. The molecule has 0 aliphatic rings. The molecule has 0 radical (unpaired) electrons. The van der Waals surface area contributed by atoms with E-state index >= 15 is 0 Å². The van der Waals surface area contributed by atoms with E-state index in [1.54, 1.807) is 36.8 Å². The first-order valence-corrected chi connectivity index (χ1v) is 8.07. The second kappa shape index (κ2) is 8.11. The average molecular weight is 349 g/mol. The molecular formula is C20H19N3O3. The maximum absolute atomic E-state index is 12.5. The number of nitrogens with one attached hydrogen (secondary N) is 1. The molecule has 132 valence electrons. The van der Waals surface area contributed by atoms with E-state index < -0.39 is 0 Å². The summed E-state index contributed by atoms with van der Waals surface area (Å²) in [6.07, 6.45) is 5.23. The third-order valence-corrected chi connectivity index (χ3v) is 3.88. The molecule has 1 aromatic carbocycles. The number of ether oxygens (including phenoxy) is 2. The largest absolute Gasteiger partial charge is 0.493 e. The summed E-state index contributed by atoms with van der Waals surface area (Å²) < 4.78 is 10.5. The van der Waals surface area contributed by atoms with Crippen molar-refractivity contribution in [1.82, 2.24) is 15.3 Å². The zero-order valence-corrected chi connectivity index (χ0v) is 14.6. The Morgan fingerprint density at radius 3 is 2.58 bits per heavy atom. The fraction of sp³-hybridized carbons (Fsp3) is 0.150. The van der Waals surface area contributed by atoms with Gasteiger partial charge in [-0.05, 0) is 35.9 Å². The van der Waals surface area contributed by atoms with E-state index in [1.807, 2.05) is 24.3 Å². The van der Waals surface area contributed by atoms with Gasteiger partial charge in [0.15, 0.2) is 11.5 Å². The second-order valence-corrected chi connectivity index (χ2v) is 5.52. The quantitative estimate of drug-likeness (QED) is 0.740. The molecule has 2 aromatic heterocycles. The number of pyridine rings is 2. The van der Waals surface area contributed by atoms with Crippen molar-refractivity contribution in [3.63, 3.8) is 0 Å². The lowest BCUT2D eigenvalue weighted by molar-refractivity contribution is 0.0947. The molecule has 0 aliphatic carbocycles. The highest BCUT2D eigenvalue weighted by molar-refractivity contribution is 5.97. The molecule has 0 atom stereocenters. The molecule has 6 nitrogen and oxygen atoms in total. The predicted molar refractivity (Wildman–Crippen MR) is 98.2 cm³/mol. The Bertz CT molecular complexity index is 881. The highest BCUT2D eigenvalue weighted by Crippen LogP contribution is 2.30. The molecule has 26 heavy (non-hydrogen) atoms. The van der Waals surface area contributed by atoms with Gasteiger partial charge in [-0.15, -0.1) is 0 Å². The third-order valence-electron chi connectivity index (χ3n) is 3.88. The molecule has 6 heteroatoms. The van der Waals surface area contributed by atoms with Crippen LogP contribution in [0.1, 0.15) is 15.9 Å². The number of para-hydroxylation sites is 1. The van der Waals surface area contributed by atoms with E-state index in [0.29, 0.717) is 23.6 Å². The average Bonchev–Trinajstić information content (AvgIpc) is 2.72. The summed E-state index contributed by atoms with van der Waals surface area (Å²) in [6, 6.07) is 12.8. The lowest BCUT2D eigenvalue weighted by Gasteiger charge is -2.12. The van der Waals surface area contributed by atoms with Crippen molar-refractivity contribution >= 4 is 5.91 Å². The Balaban J connectivity index is 1.69. The molecule has 3 rings (SSSR count). The summed E-state index contributed by atoms with van der Waals surface area (Å²) in [4.78, 5) is 21.0. The van der Waals surface area contributed by atoms with Crippen molar-refractivity contribution in [2.45, 2.75) is 6.54 Å². The first-order valence-electron chi connectivity index (χ1n) is 8.07. The fourth-order valence-electron chi connectivity index (χ4n) is 2.56. The molecular weight excluding hydrogens is 330 g/mol. The van der Waals surface area contributed by atoms with Crippen LogP contribution in [-0.2, 0) is 6.54 Å². The van der Waals surface area contributed by atoms with Crippen LogP contribution >= 0.6 is 0 Å². The third kappa shape index (κ3) is 3.80. The van der Waals surface area contributed by atoms with Crippen LogP contribution in [0.2, 0.25) is 0 Å². The summed E-state index contributed by atoms with van der Waals surface area (Å²) in [5.41, 5.74) is 3.10. The fourth-order valence-corrected chi connectivity index (χ4v) is 2.56. The lowest BCUT2D eigenvalue weighted by Crippen LogP contribution is -2.23. The summed E-state index contributed by atoms with van der Waals surface area (Å²) in [5, 5.41) is 2.87. The van der Waals surface area contributed by atoms with Gasteiger partial charge in [-0.2, -0.15) is 0 Å². The molecule has 0 fully saturated rings. The summed E-state index contributed by atoms with van der Waals surface area (Å²) >= 11 is 0. The number of methoxy groups -OCH3 is 2. The van der Waals surface area contributed by atoms with Gasteiger partial charge in [-0.1, -0.05) is 12.1 Å². The molecule has 3 aromatic rings. The number of hydrogen-bond donors (Lipinski definition) is 1. The number of rotatable bonds is 6. The van der Waals surface area contributed by atoms with Crippen molar-refractivity contribution in [2.24, 2.45) is 0 Å². The van der Waals surface area contributed by atoms with E-state index in [1.165, 1.54) is 14.2 Å². The van der Waals surface area contributed by atoms with Gasteiger partial charge < -0.3 is 14.8 Å². The van der Waals surface area contributed by atoms with Crippen LogP contribution in [0.15, 0.2) is 61.1 Å². The molecule has 1 amide bonds. The topological polar surface area (TPSA) is 73.3 Å². The minimum atomic E-state index is -0.239. The van der Waals surface area contributed by atoms with E-state index in [-0.39, 0.29) is 5.91 Å². The Labute approximate surface area is 151 Å². The summed E-state index contributed by atoms with van der Waals surface area (Å²) in [6.45, 7) is 0.361. The maximum Gasteiger partial charge on any atom is 0.255 e. The van der Waals surface area contributed by atoms with Crippen LogP contribution in [0.4, 0.5) is 0 Å². The Morgan fingerprint density at radius 2 is 1.92 bits per heavy atom. The molecule has 0 saturated heterocycles. The number of carbonyl (C=O) groups excluding carboxylic acids is 1. The summed E-state index contributed by atoms with van der Waals surface area (Å²) in [7, 11) is 3.05. The smallest absolute Gasteiger partial charge is 0.255 e. The van der Waals surface area contributed by atoms with Gasteiger partial charge in [-0.25, -0.2) is 0 Å². The molecule has 0 saturated carbocycles. The number of carbonyl (C=O) groups is 1. The van der Waals surface area contributed by atoms with Crippen LogP contribution in [0.25, 0.3) is 11.3 Å². The van der Waals surface area contributed by atoms with Crippen molar-refractivity contribution in [2.75, 3.05) is 14.2 Å². The Hall–Kier alpha value is -3.41. The molecule has 0 aliphatic heterocycles. The number of amides is 1. The van der Waals surface area contributed by atoms with Crippen LogP contribution in [0.5, 0.6) is 11.5 Å². The SMILES string of the molecule is COc1cccc(C(=O)NCc2ccc(-c3cccnc3)nc2)c1OC. The summed E-state index contributed by atoms with van der Waals surface area (Å²) in [5.74, 6) is 0.692. The predicted octanol–water partition coefficient (Wildman–Crippen LogP) is 3.09. The maximum atomic E-state index is 12.5. The number of benzene rings is 1. The van der Waals surface area contributed by atoms with Crippen LogP contribution in [0.3, 0.4) is 0 Å². The van der Waals surface area contributed by atoms with Crippen LogP contribution in [0, 0.1) is 0 Å². The van der Waals surface area contributed by atoms with Crippen molar-refractivity contribution in [1.29, 1.82) is 0 Å². The van der Waals surface area contributed by atoms with Gasteiger partial charge in [0.05, 0.1) is 25.5 Å². The number of nitrogens with zero attached hydrogens (tertiary/aromatic N) is 2. The highest BCUT2D eigenvalue weighted by atomic mass is 16.5. The van der Waals surface area contributed by atoms with Gasteiger partial charge in [-0.3, -0.25) is 14.8 Å². The van der Waals surface area contributed by atoms with Crippen molar-refractivity contribution in [3.8, 4) is 22.8 Å². The van der Waals surface area contributed by atoms with Gasteiger partial charge in [0.1, 0.15) is 0 Å². The zero-order valence-electron chi connectivity index (χ0n) is 14.6.